The lowest BCUT2D eigenvalue weighted by molar-refractivity contribution is 0.0340. The van der Waals surface area contributed by atoms with Crippen LogP contribution in [-0.2, 0) is 14.8 Å². The van der Waals surface area contributed by atoms with Gasteiger partial charge in [0, 0.05) is 4.47 Å². The van der Waals surface area contributed by atoms with Gasteiger partial charge in [0.1, 0.15) is 0 Å². The van der Waals surface area contributed by atoms with Gasteiger partial charge < -0.3 is 18.9 Å². The summed E-state index contributed by atoms with van der Waals surface area (Å²) >= 11 is 2.96. The molecule has 2 atom stereocenters. The number of rotatable bonds is 5. The van der Waals surface area contributed by atoms with Crippen molar-refractivity contribution in [2.45, 2.75) is 32.0 Å². The summed E-state index contributed by atoms with van der Waals surface area (Å²) in [5, 5.41) is 0. The summed E-state index contributed by atoms with van der Waals surface area (Å²) in [6.45, 7) is 3.03. The van der Waals surface area contributed by atoms with Crippen LogP contribution in [0.3, 0.4) is 0 Å². The predicted molar refractivity (Wildman–Crippen MR) is 74.8 cm³/mol. The van der Waals surface area contributed by atoms with Gasteiger partial charge in [-0.1, -0.05) is 22.9 Å². The van der Waals surface area contributed by atoms with Gasteiger partial charge in [-0.2, -0.15) is 8.78 Å². The van der Waals surface area contributed by atoms with E-state index in [1.807, 2.05) is 0 Å². The van der Waals surface area contributed by atoms with Gasteiger partial charge in [0.2, 0.25) is 6.79 Å². The number of hydrogen-bond donors (Lipinski definition) is 1. The van der Waals surface area contributed by atoms with Crippen LogP contribution in [0.25, 0.3) is 0 Å². The van der Waals surface area contributed by atoms with Crippen molar-refractivity contribution >= 4 is 23.5 Å². The summed E-state index contributed by atoms with van der Waals surface area (Å²) < 4.78 is 55.4. The van der Waals surface area contributed by atoms with Gasteiger partial charge >= 0.3 is 13.3 Å². The highest BCUT2D eigenvalue weighted by Crippen LogP contribution is 2.65. The number of benzene rings is 1. The molecule has 0 saturated heterocycles. The van der Waals surface area contributed by atoms with Gasteiger partial charge in [0.25, 0.3) is 0 Å². The second-order valence-electron chi connectivity index (χ2n) is 4.57. The fourth-order valence-corrected chi connectivity index (χ4v) is 3.67. The van der Waals surface area contributed by atoms with Crippen molar-refractivity contribution in [1.82, 2.24) is 0 Å². The molecule has 0 aliphatic carbocycles. The molecule has 2 unspecified atom stereocenters. The zero-order chi connectivity index (χ0) is 15.8. The van der Waals surface area contributed by atoms with E-state index >= 15 is 0 Å². The molecule has 2 rings (SSSR count). The monoisotopic (exact) mass is 386 g/mol. The Bertz CT molecular complexity index is 595. The Kier molecular flexibility index (Phi) is 4.63. The SMILES string of the molecule is CCC(C)OP(=O)(O)C(F)(F)c1cc2c(cc1Br)OCO2. The van der Waals surface area contributed by atoms with E-state index in [4.69, 9.17) is 9.47 Å². The molecule has 118 valence electrons. The minimum Gasteiger partial charge on any atom is -0.454 e. The van der Waals surface area contributed by atoms with E-state index < -0.39 is 24.9 Å². The second-order valence-corrected chi connectivity index (χ2v) is 7.24. The summed E-state index contributed by atoms with van der Waals surface area (Å²) in [5.41, 5.74) is -4.75. The zero-order valence-corrected chi connectivity index (χ0v) is 13.8. The van der Waals surface area contributed by atoms with Crippen LogP contribution in [0.1, 0.15) is 25.8 Å². The molecule has 1 heterocycles. The molecule has 0 saturated carbocycles. The van der Waals surface area contributed by atoms with Crippen LogP contribution in [0.5, 0.6) is 11.5 Å². The van der Waals surface area contributed by atoms with E-state index in [0.717, 1.165) is 6.07 Å². The zero-order valence-electron chi connectivity index (χ0n) is 11.3. The molecule has 21 heavy (non-hydrogen) atoms. The quantitative estimate of drug-likeness (QED) is 0.767. The smallest absolute Gasteiger partial charge is 0.402 e. The molecule has 1 aliphatic rings. The lowest BCUT2D eigenvalue weighted by Gasteiger charge is -2.25. The van der Waals surface area contributed by atoms with E-state index in [0.29, 0.717) is 6.42 Å². The van der Waals surface area contributed by atoms with Crippen LogP contribution in [0.2, 0.25) is 0 Å². The van der Waals surface area contributed by atoms with Crippen molar-refractivity contribution in [3.8, 4) is 11.5 Å². The van der Waals surface area contributed by atoms with Crippen LogP contribution in [0.15, 0.2) is 16.6 Å². The van der Waals surface area contributed by atoms with Crippen molar-refractivity contribution in [2.75, 3.05) is 6.79 Å². The maximum atomic E-state index is 14.4. The maximum absolute atomic E-state index is 14.4. The first-order valence-electron chi connectivity index (χ1n) is 6.17. The van der Waals surface area contributed by atoms with Crippen molar-refractivity contribution in [3.63, 3.8) is 0 Å². The molecule has 0 amide bonds. The summed E-state index contributed by atoms with van der Waals surface area (Å²) in [4.78, 5) is 9.66. The Balaban J connectivity index is 2.41. The average Bonchev–Trinajstić information content (AvgIpc) is 2.83. The molecule has 0 radical (unpaired) electrons. The Labute approximate surface area is 128 Å². The molecule has 1 N–H and O–H groups in total. The first-order valence-corrected chi connectivity index (χ1v) is 8.54. The van der Waals surface area contributed by atoms with E-state index in [-0.39, 0.29) is 22.8 Å². The summed E-state index contributed by atoms with van der Waals surface area (Å²) in [6, 6.07) is 2.25. The number of alkyl halides is 2. The number of fused-ring (bicyclic) bond motifs is 1. The minimum atomic E-state index is -5.20. The molecule has 0 aromatic heterocycles. The van der Waals surface area contributed by atoms with Gasteiger partial charge in [-0.15, -0.1) is 0 Å². The highest BCUT2D eigenvalue weighted by Gasteiger charge is 2.54. The third-order valence-corrected chi connectivity index (χ3v) is 5.29. The normalized spacial score (nSPS) is 18.4. The summed E-state index contributed by atoms with van der Waals surface area (Å²) in [7, 11) is -5.20. The first-order chi connectivity index (χ1) is 9.69. The minimum absolute atomic E-state index is 0.0567. The fourth-order valence-electron chi connectivity index (χ4n) is 1.68. The van der Waals surface area contributed by atoms with Gasteiger partial charge in [0.05, 0.1) is 11.7 Å². The predicted octanol–water partition coefficient (Wildman–Crippen LogP) is 4.23. The molecule has 0 fully saturated rings. The Morgan fingerprint density at radius 3 is 2.62 bits per heavy atom. The van der Waals surface area contributed by atoms with Gasteiger partial charge in [-0.25, -0.2) is 0 Å². The molecule has 0 spiro atoms. The van der Waals surface area contributed by atoms with Gasteiger partial charge in [-0.3, -0.25) is 4.57 Å². The van der Waals surface area contributed by atoms with Crippen molar-refractivity contribution in [3.05, 3.63) is 22.2 Å². The number of halogens is 3. The first kappa shape index (κ1) is 16.7. The lowest BCUT2D eigenvalue weighted by atomic mass is 10.2. The van der Waals surface area contributed by atoms with Gasteiger partial charge in [0.15, 0.2) is 11.5 Å². The molecule has 1 aromatic carbocycles. The molecule has 5 nitrogen and oxygen atoms in total. The standard InChI is InChI=1S/C12H14BrF2O5P/c1-3-7(2)20-21(16,17)12(14,15)8-4-10-11(5-9(8)13)19-6-18-10/h4-5,7H,3,6H2,1-2H3,(H,16,17). The topological polar surface area (TPSA) is 65.0 Å². The second kappa shape index (κ2) is 5.83. The number of ether oxygens (including phenoxy) is 2. The van der Waals surface area contributed by atoms with Crippen LogP contribution in [-0.4, -0.2) is 17.8 Å². The molecule has 9 heteroatoms. The molecular formula is C12H14BrF2O5P. The van der Waals surface area contributed by atoms with Crippen molar-refractivity contribution in [1.29, 1.82) is 0 Å². The van der Waals surface area contributed by atoms with Crippen molar-refractivity contribution < 1.29 is 32.2 Å². The fraction of sp³-hybridized carbons (Fsp3) is 0.500. The molecule has 1 aromatic rings. The molecular weight excluding hydrogens is 373 g/mol. The Morgan fingerprint density at radius 2 is 2.05 bits per heavy atom. The average molecular weight is 387 g/mol. The van der Waals surface area contributed by atoms with Crippen LogP contribution in [0, 0.1) is 0 Å². The Hall–Kier alpha value is -0.690. The van der Waals surface area contributed by atoms with E-state index in [9.17, 15) is 18.2 Å². The summed E-state index contributed by atoms with van der Waals surface area (Å²) in [6.07, 6.45) is -0.428. The highest BCUT2D eigenvalue weighted by atomic mass is 79.9. The van der Waals surface area contributed by atoms with Crippen LogP contribution < -0.4 is 9.47 Å². The largest absolute Gasteiger partial charge is 0.454 e. The third kappa shape index (κ3) is 3.08. The highest BCUT2D eigenvalue weighted by molar-refractivity contribution is 9.10. The lowest BCUT2D eigenvalue weighted by Crippen LogP contribution is -2.19. The Morgan fingerprint density at radius 1 is 1.48 bits per heavy atom. The third-order valence-electron chi connectivity index (χ3n) is 3.04. The van der Waals surface area contributed by atoms with E-state index in [2.05, 4.69) is 20.5 Å². The molecule has 1 aliphatic heterocycles. The summed E-state index contributed by atoms with van der Waals surface area (Å²) in [5.74, 6) is 0.383. The van der Waals surface area contributed by atoms with Crippen molar-refractivity contribution in [2.24, 2.45) is 0 Å². The maximum Gasteiger partial charge on any atom is 0.402 e. The van der Waals surface area contributed by atoms with E-state index in [1.54, 1.807) is 6.92 Å². The van der Waals surface area contributed by atoms with Crippen LogP contribution >= 0.6 is 23.5 Å². The van der Waals surface area contributed by atoms with E-state index in [1.165, 1.54) is 13.0 Å². The molecule has 0 bridgehead atoms. The van der Waals surface area contributed by atoms with Gasteiger partial charge in [-0.05, 0) is 25.5 Å². The van der Waals surface area contributed by atoms with Crippen LogP contribution in [0.4, 0.5) is 8.78 Å². The number of hydrogen-bond acceptors (Lipinski definition) is 4.